The van der Waals surface area contributed by atoms with Crippen LogP contribution >= 0.6 is 23.2 Å². The lowest BCUT2D eigenvalue weighted by Crippen LogP contribution is -2.49. The number of methoxy groups -OCH3 is 1. The Morgan fingerprint density at radius 1 is 1.10 bits per heavy atom. The molecule has 1 saturated carbocycles. The highest BCUT2D eigenvalue weighted by Gasteiger charge is 2.39. The summed E-state index contributed by atoms with van der Waals surface area (Å²) in [6.45, 7) is 3.73. The monoisotopic (exact) mass is 607 g/mol. The Labute approximate surface area is 243 Å². The van der Waals surface area contributed by atoms with E-state index in [0.717, 1.165) is 12.8 Å². The van der Waals surface area contributed by atoms with E-state index >= 15 is 0 Å². The van der Waals surface area contributed by atoms with Crippen molar-refractivity contribution in [3.63, 3.8) is 0 Å². The van der Waals surface area contributed by atoms with Gasteiger partial charge in [-0.25, -0.2) is 8.42 Å². The summed E-state index contributed by atoms with van der Waals surface area (Å²) in [5.41, 5.74) is 7.36. The average molecular weight is 609 g/mol. The summed E-state index contributed by atoms with van der Waals surface area (Å²) in [6, 6.07) is 10.0. The van der Waals surface area contributed by atoms with Crippen molar-refractivity contribution in [2.45, 2.75) is 25.5 Å². The minimum Gasteiger partial charge on any atom is -0.495 e. The highest BCUT2D eigenvalue weighted by molar-refractivity contribution is 7.88. The number of ether oxygens (including phenoxy) is 2. The van der Waals surface area contributed by atoms with Crippen molar-refractivity contribution < 1.29 is 17.9 Å². The van der Waals surface area contributed by atoms with Gasteiger partial charge in [-0.2, -0.15) is 14.1 Å². The number of nitrogens with two attached hydrogens (primary N) is 1. The van der Waals surface area contributed by atoms with E-state index in [-0.39, 0.29) is 40.7 Å². The summed E-state index contributed by atoms with van der Waals surface area (Å²) in [5, 5.41) is 5.12. The van der Waals surface area contributed by atoms with Gasteiger partial charge in [-0.15, -0.1) is 0 Å². The van der Waals surface area contributed by atoms with Crippen molar-refractivity contribution in [2.24, 2.45) is 5.41 Å². The van der Waals surface area contributed by atoms with Gasteiger partial charge >= 0.3 is 5.56 Å². The number of nitrogen functional groups attached to an aromatic ring is 1. The molecule has 5 rings (SSSR count). The van der Waals surface area contributed by atoms with Crippen LogP contribution in [0.25, 0.3) is 5.69 Å². The zero-order valence-electron chi connectivity index (χ0n) is 22.3. The molecule has 1 aliphatic heterocycles. The molecule has 2 heterocycles. The molecule has 1 aliphatic carbocycles. The van der Waals surface area contributed by atoms with Gasteiger partial charge < -0.3 is 20.1 Å². The Bertz CT molecular complexity index is 1580. The molecule has 0 bridgehead atoms. The van der Waals surface area contributed by atoms with Crippen LogP contribution in [0, 0.1) is 5.41 Å². The van der Waals surface area contributed by atoms with E-state index in [4.69, 9.17) is 38.4 Å². The van der Waals surface area contributed by atoms with E-state index < -0.39 is 15.6 Å². The van der Waals surface area contributed by atoms with Gasteiger partial charge in [0.1, 0.15) is 11.4 Å². The predicted molar refractivity (Wildman–Crippen MR) is 157 cm³/mol. The largest absolute Gasteiger partial charge is 0.495 e. The summed E-state index contributed by atoms with van der Waals surface area (Å²) in [7, 11) is -2.21. The zero-order valence-corrected chi connectivity index (χ0v) is 24.6. The van der Waals surface area contributed by atoms with Crippen LogP contribution in [0.1, 0.15) is 25.3 Å². The van der Waals surface area contributed by atoms with Crippen molar-refractivity contribution in [1.29, 1.82) is 0 Å². The lowest BCUT2D eigenvalue weighted by molar-refractivity contribution is 0.242. The normalized spacial score (nSPS) is 17.1. The molecule has 13 heteroatoms. The molecule has 0 radical (unpaired) electrons. The SMILES string of the molecule is COc1cc(CS(=O)(=O)N2CCN(c3cnn(-c4cccc(Cl)c4)c(=O)c3OCC3(C)CC3)CC2)cc(Cl)c1N. The van der Waals surface area contributed by atoms with E-state index in [0.29, 0.717) is 47.4 Å². The van der Waals surface area contributed by atoms with Crippen LogP contribution in [0.4, 0.5) is 11.4 Å². The molecule has 0 atom stereocenters. The number of hydrogen-bond acceptors (Lipinski definition) is 8. The lowest BCUT2D eigenvalue weighted by atomic mass is 10.2. The van der Waals surface area contributed by atoms with E-state index in [1.165, 1.54) is 22.2 Å². The molecular weight excluding hydrogens is 577 g/mol. The molecule has 3 aromatic rings. The molecule has 1 aromatic heterocycles. The van der Waals surface area contributed by atoms with Gasteiger partial charge in [0.25, 0.3) is 0 Å². The lowest BCUT2D eigenvalue weighted by Gasteiger charge is -2.35. The Morgan fingerprint density at radius 3 is 2.48 bits per heavy atom. The fourth-order valence-electron chi connectivity index (χ4n) is 4.59. The molecule has 0 unspecified atom stereocenters. The van der Waals surface area contributed by atoms with Crippen molar-refractivity contribution in [3.05, 3.63) is 68.6 Å². The van der Waals surface area contributed by atoms with Gasteiger partial charge in [0.05, 0.1) is 42.1 Å². The fraction of sp³-hybridized carbons (Fsp3) is 0.407. The van der Waals surface area contributed by atoms with Crippen LogP contribution in [0.3, 0.4) is 0 Å². The molecule has 0 spiro atoms. The Hall–Kier alpha value is -2.99. The first kappa shape index (κ1) is 28.5. The Kier molecular flexibility index (Phi) is 7.93. The predicted octanol–water partition coefficient (Wildman–Crippen LogP) is 3.96. The van der Waals surface area contributed by atoms with Gasteiger partial charge in [-0.05, 0) is 48.7 Å². The smallest absolute Gasteiger partial charge is 0.316 e. The number of benzene rings is 2. The third kappa shape index (κ3) is 6.02. The van der Waals surface area contributed by atoms with Crippen molar-refractivity contribution in [2.75, 3.05) is 50.5 Å². The quantitative estimate of drug-likeness (QED) is 0.363. The maximum absolute atomic E-state index is 13.6. The molecular formula is C27H31Cl2N5O5S. The van der Waals surface area contributed by atoms with Crippen LogP contribution < -0.4 is 25.7 Å². The number of anilines is 2. The maximum Gasteiger partial charge on any atom is 0.316 e. The number of aromatic nitrogens is 2. The summed E-state index contributed by atoms with van der Waals surface area (Å²) in [6.07, 6.45) is 3.68. The minimum absolute atomic E-state index is 0.0499. The molecule has 40 heavy (non-hydrogen) atoms. The molecule has 2 aliphatic rings. The second-order valence-corrected chi connectivity index (χ2v) is 13.3. The van der Waals surface area contributed by atoms with Crippen molar-refractivity contribution in [3.8, 4) is 17.2 Å². The second-order valence-electron chi connectivity index (χ2n) is 10.5. The van der Waals surface area contributed by atoms with Crippen molar-refractivity contribution in [1.82, 2.24) is 14.1 Å². The number of hydrogen-bond donors (Lipinski definition) is 1. The minimum atomic E-state index is -3.66. The molecule has 214 valence electrons. The number of rotatable bonds is 9. The van der Waals surface area contributed by atoms with Crippen LogP contribution in [0.5, 0.6) is 11.5 Å². The summed E-state index contributed by atoms with van der Waals surface area (Å²) in [5.74, 6) is 0.284. The molecule has 10 nitrogen and oxygen atoms in total. The van der Waals surface area contributed by atoms with E-state index in [1.807, 2.05) is 4.90 Å². The van der Waals surface area contributed by atoms with Gasteiger partial charge in [0, 0.05) is 36.6 Å². The molecule has 2 N–H and O–H groups in total. The first-order valence-electron chi connectivity index (χ1n) is 12.9. The Balaban J connectivity index is 1.36. The first-order valence-corrected chi connectivity index (χ1v) is 15.2. The van der Waals surface area contributed by atoms with Gasteiger partial charge in [0.2, 0.25) is 15.8 Å². The van der Waals surface area contributed by atoms with Crippen LogP contribution in [0.2, 0.25) is 10.0 Å². The zero-order chi connectivity index (χ0) is 28.7. The van der Waals surface area contributed by atoms with Crippen LogP contribution in [0.15, 0.2) is 47.4 Å². The van der Waals surface area contributed by atoms with Crippen molar-refractivity contribution >= 4 is 44.6 Å². The van der Waals surface area contributed by atoms with Gasteiger partial charge in [-0.3, -0.25) is 4.79 Å². The highest BCUT2D eigenvalue weighted by atomic mass is 35.5. The number of piperazine rings is 1. The van der Waals surface area contributed by atoms with Gasteiger partial charge in [0.15, 0.2) is 0 Å². The topological polar surface area (TPSA) is 120 Å². The third-order valence-electron chi connectivity index (χ3n) is 7.33. The summed E-state index contributed by atoms with van der Waals surface area (Å²) < 4.78 is 40.6. The van der Waals surface area contributed by atoms with E-state index in [1.54, 1.807) is 36.5 Å². The number of halogens is 2. The summed E-state index contributed by atoms with van der Waals surface area (Å²) in [4.78, 5) is 15.5. The standard InChI is InChI=1S/C27H31Cl2N5O5S/c1-27(6-7-27)17-39-25-22(15-31-34(26(25)35)20-5-3-4-19(28)14-20)32-8-10-33(11-9-32)40(36,37)16-18-12-21(29)24(30)23(13-18)38-2/h3-5,12-15H,6-11,16-17,30H2,1-2H3. The summed E-state index contributed by atoms with van der Waals surface area (Å²) >= 11 is 12.3. The Morgan fingerprint density at radius 2 is 1.82 bits per heavy atom. The van der Waals surface area contributed by atoms with E-state index in [2.05, 4.69) is 12.0 Å². The molecule has 2 aromatic carbocycles. The van der Waals surface area contributed by atoms with Crippen LogP contribution in [-0.2, 0) is 15.8 Å². The molecule has 1 saturated heterocycles. The fourth-order valence-corrected chi connectivity index (χ4v) is 6.50. The number of sulfonamides is 1. The van der Waals surface area contributed by atoms with Crippen LogP contribution in [-0.4, -0.2) is 62.4 Å². The first-order chi connectivity index (χ1) is 19.0. The number of nitrogens with zero attached hydrogens (tertiary/aromatic N) is 4. The maximum atomic E-state index is 13.6. The molecule has 2 fully saturated rings. The highest BCUT2D eigenvalue weighted by Crippen LogP contribution is 2.45. The molecule has 0 amide bonds. The average Bonchev–Trinajstić information content (AvgIpc) is 3.66. The van der Waals surface area contributed by atoms with E-state index in [9.17, 15) is 13.2 Å². The van der Waals surface area contributed by atoms with Gasteiger partial charge in [-0.1, -0.05) is 36.2 Å². The second kappa shape index (κ2) is 11.1. The third-order valence-corrected chi connectivity index (χ3v) is 9.73.